The molecular weight excluding hydrogens is 483 g/mol. The van der Waals surface area contributed by atoms with Gasteiger partial charge in [0.1, 0.15) is 11.6 Å². The molecule has 2 aromatic heterocycles. The molecule has 1 amide bonds. The number of nitrogens with one attached hydrogen (secondary N) is 1. The molecule has 0 aliphatic carbocycles. The van der Waals surface area contributed by atoms with Gasteiger partial charge in [0.2, 0.25) is 11.9 Å². The molecule has 2 heterocycles. The van der Waals surface area contributed by atoms with Crippen LogP contribution in [0.4, 0.5) is 10.3 Å². The van der Waals surface area contributed by atoms with Crippen LogP contribution in [0.3, 0.4) is 0 Å². The van der Waals surface area contributed by atoms with Crippen molar-refractivity contribution in [1.82, 2.24) is 19.5 Å². The van der Waals surface area contributed by atoms with Crippen molar-refractivity contribution < 1.29 is 13.9 Å². The minimum atomic E-state index is -0.478. The first-order valence-corrected chi connectivity index (χ1v) is 11.9. The van der Waals surface area contributed by atoms with E-state index in [0.717, 1.165) is 28.1 Å². The van der Waals surface area contributed by atoms with Crippen molar-refractivity contribution in [1.29, 1.82) is 0 Å². The Morgan fingerprint density at radius 2 is 1.66 bits per heavy atom. The molecule has 0 bridgehead atoms. The molecule has 0 unspecified atom stereocenters. The summed E-state index contributed by atoms with van der Waals surface area (Å²) in [5.74, 6) is 0.449. The first-order valence-electron chi connectivity index (χ1n) is 11.9. The molecule has 0 fully saturated rings. The topological polar surface area (TPSA) is 108 Å². The number of nitrogens with zero attached hydrogens (tertiary/aromatic N) is 4. The number of imidazole rings is 1. The van der Waals surface area contributed by atoms with E-state index in [4.69, 9.17) is 15.5 Å². The number of hydrogen-bond donors (Lipinski definition) is 2. The van der Waals surface area contributed by atoms with Gasteiger partial charge in [0, 0.05) is 30.4 Å². The molecule has 0 radical (unpaired) electrons. The lowest BCUT2D eigenvalue weighted by atomic mass is 10.1. The summed E-state index contributed by atoms with van der Waals surface area (Å²) in [6.07, 6.45) is 3.41. The molecule has 0 atom stereocenters. The Labute approximate surface area is 219 Å². The number of rotatable bonds is 9. The normalized spacial score (nSPS) is 10.8. The third-order valence-corrected chi connectivity index (χ3v) is 6.05. The Kier molecular flexibility index (Phi) is 7.08. The third-order valence-electron chi connectivity index (χ3n) is 6.05. The molecule has 0 aliphatic rings. The number of carbonyl (C=O) groups is 1. The lowest BCUT2D eigenvalue weighted by molar-refractivity contribution is 0.100. The highest BCUT2D eigenvalue weighted by Gasteiger charge is 2.18. The van der Waals surface area contributed by atoms with Gasteiger partial charge in [-0.25, -0.2) is 19.3 Å². The lowest BCUT2D eigenvalue weighted by Gasteiger charge is -2.12. The number of nitrogens with two attached hydrogens (primary N) is 1. The van der Waals surface area contributed by atoms with Gasteiger partial charge in [-0.2, -0.15) is 0 Å². The lowest BCUT2D eigenvalue weighted by Crippen LogP contribution is -2.11. The van der Waals surface area contributed by atoms with Crippen molar-refractivity contribution in [3.05, 3.63) is 114 Å². The zero-order chi connectivity index (χ0) is 26.5. The number of halogens is 1. The van der Waals surface area contributed by atoms with Crippen molar-refractivity contribution >= 4 is 11.9 Å². The number of benzene rings is 3. The number of ether oxygens (including phenoxy) is 1. The van der Waals surface area contributed by atoms with Crippen molar-refractivity contribution in [3.8, 4) is 28.4 Å². The molecule has 9 heteroatoms. The summed E-state index contributed by atoms with van der Waals surface area (Å²) in [4.78, 5) is 25.2. The zero-order valence-electron chi connectivity index (χ0n) is 20.6. The van der Waals surface area contributed by atoms with Gasteiger partial charge in [-0.1, -0.05) is 24.3 Å². The predicted molar refractivity (Wildman–Crippen MR) is 143 cm³/mol. The standard InChI is InChI=1S/C29H25FN6O2/c1-38-24-12-4-19(5-13-24)16-33-29-32-15-14-25(35-29)27-26(21-8-10-23(30)11-9-21)34-18-36(27)17-20-2-6-22(7-3-20)28(31)37/h2-15,18H,16-17H2,1H3,(H2,31,37)(H,32,33,35). The fourth-order valence-corrected chi connectivity index (χ4v) is 4.06. The highest BCUT2D eigenvalue weighted by atomic mass is 19.1. The second-order valence-corrected chi connectivity index (χ2v) is 8.60. The van der Waals surface area contributed by atoms with Crippen molar-refractivity contribution in [2.24, 2.45) is 5.73 Å². The molecule has 5 rings (SSSR count). The second kappa shape index (κ2) is 10.9. The van der Waals surface area contributed by atoms with Crippen molar-refractivity contribution in [2.45, 2.75) is 13.1 Å². The molecule has 0 saturated heterocycles. The van der Waals surface area contributed by atoms with Crippen LogP contribution >= 0.6 is 0 Å². The van der Waals surface area contributed by atoms with E-state index in [1.54, 1.807) is 43.9 Å². The van der Waals surface area contributed by atoms with E-state index in [2.05, 4.69) is 15.3 Å². The average molecular weight is 509 g/mol. The van der Waals surface area contributed by atoms with Gasteiger partial charge < -0.3 is 20.4 Å². The molecule has 0 saturated carbocycles. The molecule has 190 valence electrons. The summed E-state index contributed by atoms with van der Waals surface area (Å²) in [5, 5.41) is 3.27. The van der Waals surface area contributed by atoms with Crippen LogP contribution in [0.15, 0.2) is 91.4 Å². The Hall–Kier alpha value is -5.05. The maximum atomic E-state index is 13.6. The van der Waals surface area contributed by atoms with E-state index in [9.17, 15) is 9.18 Å². The van der Waals surface area contributed by atoms with E-state index in [1.165, 1.54) is 12.1 Å². The number of carbonyl (C=O) groups excluding carboxylic acids is 1. The fourth-order valence-electron chi connectivity index (χ4n) is 4.06. The Morgan fingerprint density at radius 3 is 2.34 bits per heavy atom. The van der Waals surface area contributed by atoms with Crippen LogP contribution in [0.2, 0.25) is 0 Å². The molecule has 38 heavy (non-hydrogen) atoms. The van der Waals surface area contributed by atoms with E-state index in [1.807, 2.05) is 47.0 Å². The van der Waals surface area contributed by atoms with Gasteiger partial charge in [0.05, 0.1) is 30.5 Å². The number of methoxy groups -OCH3 is 1. The van der Waals surface area contributed by atoms with Crippen molar-refractivity contribution in [2.75, 3.05) is 12.4 Å². The van der Waals surface area contributed by atoms with E-state index in [-0.39, 0.29) is 5.82 Å². The molecule has 3 aromatic carbocycles. The van der Waals surface area contributed by atoms with Gasteiger partial charge >= 0.3 is 0 Å². The average Bonchev–Trinajstić information content (AvgIpc) is 3.36. The van der Waals surface area contributed by atoms with Gasteiger partial charge in [-0.15, -0.1) is 0 Å². The van der Waals surface area contributed by atoms with Gasteiger partial charge in [-0.3, -0.25) is 4.79 Å². The predicted octanol–water partition coefficient (Wildman–Crippen LogP) is 4.91. The number of amides is 1. The number of aromatic nitrogens is 4. The number of anilines is 1. The fraction of sp³-hybridized carbons (Fsp3) is 0.103. The van der Waals surface area contributed by atoms with Crippen LogP contribution in [0.5, 0.6) is 5.75 Å². The summed E-state index contributed by atoms with van der Waals surface area (Å²) >= 11 is 0. The van der Waals surface area contributed by atoms with Crippen LogP contribution < -0.4 is 15.8 Å². The number of hydrogen-bond acceptors (Lipinski definition) is 6. The quantitative estimate of drug-likeness (QED) is 0.293. The van der Waals surface area contributed by atoms with E-state index in [0.29, 0.717) is 36.0 Å². The SMILES string of the molecule is COc1ccc(CNc2nccc(-c3c(-c4ccc(F)cc4)ncn3Cc3ccc(C(N)=O)cc3)n2)cc1. The van der Waals surface area contributed by atoms with Crippen LogP contribution in [0.1, 0.15) is 21.5 Å². The van der Waals surface area contributed by atoms with Crippen LogP contribution in [0.25, 0.3) is 22.6 Å². The Morgan fingerprint density at radius 1 is 0.947 bits per heavy atom. The molecular formula is C29H25FN6O2. The van der Waals surface area contributed by atoms with E-state index >= 15 is 0 Å². The first-order chi connectivity index (χ1) is 18.5. The molecule has 5 aromatic rings. The van der Waals surface area contributed by atoms with Crippen LogP contribution in [-0.4, -0.2) is 32.5 Å². The van der Waals surface area contributed by atoms with Crippen LogP contribution in [0, 0.1) is 5.82 Å². The van der Waals surface area contributed by atoms with Gasteiger partial charge in [0.15, 0.2) is 0 Å². The maximum absolute atomic E-state index is 13.6. The zero-order valence-corrected chi connectivity index (χ0v) is 20.6. The summed E-state index contributed by atoms with van der Waals surface area (Å²) in [6, 6.07) is 22.8. The van der Waals surface area contributed by atoms with Crippen LogP contribution in [-0.2, 0) is 13.1 Å². The summed E-state index contributed by atoms with van der Waals surface area (Å²) in [7, 11) is 1.63. The molecule has 0 aliphatic heterocycles. The highest BCUT2D eigenvalue weighted by Crippen LogP contribution is 2.31. The smallest absolute Gasteiger partial charge is 0.248 e. The number of primary amides is 1. The highest BCUT2D eigenvalue weighted by molar-refractivity contribution is 5.92. The molecule has 0 spiro atoms. The van der Waals surface area contributed by atoms with Gasteiger partial charge in [0.25, 0.3) is 0 Å². The monoisotopic (exact) mass is 508 g/mol. The second-order valence-electron chi connectivity index (χ2n) is 8.60. The molecule has 3 N–H and O–H groups in total. The Bertz CT molecular complexity index is 1550. The van der Waals surface area contributed by atoms with Crippen molar-refractivity contribution in [3.63, 3.8) is 0 Å². The van der Waals surface area contributed by atoms with E-state index < -0.39 is 5.91 Å². The molecule has 8 nitrogen and oxygen atoms in total. The summed E-state index contributed by atoms with van der Waals surface area (Å²) < 4.78 is 20.8. The minimum absolute atomic E-state index is 0.323. The first kappa shape index (κ1) is 24.6. The summed E-state index contributed by atoms with van der Waals surface area (Å²) in [6.45, 7) is 1.00. The minimum Gasteiger partial charge on any atom is -0.497 e. The Balaban J connectivity index is 1.47. The summed E-state index contributed by atoms with van der Waals surface area (Å²) in [5.41, 5.74) is 10.7. The maximum Gasteiger partial charge on any atom is 0.248 e. The largest absolute Gasteiger partial charge is 0.497 e. The third kappa shape index (κ3) is 5.52. The van der Waals surface area contributed by atoms with Gasteiger partial charge in [-0.05, 0) is 65.7 Å².